The Morgan fingerprint density at radius 2 is 2.24 bits per heavy atom. The van der Waals surface area contributed by atoms with Crippen molar-refractivity contribution >= 4 is 5.91 Å². The molecule has 17 heavy (non-hydrogen) atoms. The van der Waals surface area contributed by atoms with E-state index in [0.29, 0.717) is 0 Å². The van der Waals surface area contributed by atoms with Crippen LogP contribution in [-0.4, -0.2) is 41.9 Å². The monoisotopic (exact) mass is 245 g/mol. The first-order valence-corrected chi connectivity index (χ1v) is 5.01. The van der Waals surface area contributed by atoms with Gasteiger partial charge in [0, 0.05) is 31.5 Å². The van der Waals surface area contributed by atoms with Crippen LogP contribution in [0.4, 0.5) is 8.78 Å². The molecule has 1 rings (SSSR count). The first-order chi connectivity index (χ1) is 8.06. The first-order valence-electron chi connectivity index (χ1n) is 5.01. The number of alkyl halides is 2. The van der Waals surface area contributed by atoms with E-state index in [1.807, 2.05) is 0 Å². The van der Waals surface area contributed by atoms with Gasteiger partial charge in [0.2, 0.25) is 0 Å². The van der Waals surface area contributed by atoms with Gasteiger partial charge in [-0.05, 0) is 0 Å². The summed E-state index contributed by atoms with van der Waals surface area (Å²) in [6.07, 6.45) is -0.104. The zero-order valence-corrected chi connectivity index (χ0v) is 9.03. The number of carbonyl (C=O) groups excluding carboxylic acids is 1. The number of nitrogens with two attached hydrogens (primary N) is 1. The number of nitrogens with zero attached hydrogens (tertiary/aromatic N) is 1. The fourth-order valence-electron chi connectivity index (χ4n) is 1.35. The Labute approximate surface area is 96.2 Å². The highest BCUT2D eigenvalue weighted by Crippen LogP contribution is 2.03. The third-order valence-electron chi connectivity index (χ3n) is 2.10. The van der Waals surface area contributed by atoms with E-state index >= 15 is 0 Å². The van der Waals surface area contributed by atoms with Crippen molar-refractivity contribution in [2.45, 2.75) is 6.43 Å². The van der Waals surface area contributed by atoms with Gasteiger partial charge in [0.15, 0.2) is 5.43 Å². The third-order valence-corrected chi connectivity index (χ3v) is 2.10. The maximum atomic E-state index is 12.3. The summed E-state index contributed by atoms with van der Waals surface area (Å²) in [7, 11) is 0. The molecule has 1 heterocycles. The summed E-state index contributed by atoms with van der Waals surface area (Å²) >= 11 is 0. The largest absolute Gasteiger partial charge is 0.367 e. The number of rotatable bonds is 5. The molecule has 3 N–H and O–H groups in total. The Balaban J connectivity index is 2.92. The van der Waals surface area contributed by atoms with Crippen molar-refractivity contribution in [3.05, 3.63) is 34.2 Å². The van der Waals surface area contributed by atoms with Crippen LogP contribution in [0, 0.1) is 0 Å². The predicted octanol–water partition coefficient (Wildman–Crippen LogP) is 0.0409. The fourth-order valence-corrected chi connectivity index (χ4v) is 1.35. The van der Waals surface area contributed by atoms with Crippen molar-refractivity contribution in [1.29, 1.82) is 0 Å². The smallest absolute Gasteiger partial charge is 0.259 e. The molecule has 1 aromatic heterocycles. The van der Waals surface area contributed by atoms with Gasteiger partial charge in [0.1, 0.15) is 5.56 Å². The second-order valence-electron chi connectivity index (χ2n) is 3.35. The number of amides is 1. The summed E-state index contributed by atoms with van der Waals surface area (Å²) in [5.74, 6) is -0.738. The van der Waals surface area contributed by atoms with Gasteiger partial charge in [-0.25, -0.2) is 8.78 Å². The SMILES string of the molecule is NCCN(CC(F)F)C(=O)c1c[nH]ccc1=O. The molecule has 94 valence electrons. The standard InChI is InChI=1S/C10H13F2N3O2/c11-9(12)6-15(4-2-13)10(17)7-5-14-3-1-8(7)16/h1,3,5,9H,2,4,6,13H2,(H,14,16). The van der Waals surface area contributed by atoms with Gasteiger partial charge in [-0.15, -0.1) is 0 Å². The summed E-state index contributed by atoms with van der Waals surface area (Å²) in [5, 5.41) is 0. The lowest BCUT2D eigenvalue weighted by atomic mass is 10.2. The Morgan fingerprint density at radius 3 is 2.76 bits per heavy atom. The van der Waals surface area contributed by atoms with Crippen molar-refractivity contribution in [3.63, 3.8) is 0 Å². The average molecular weight is 245 g/mol. The summed E-state index contributed by atoms with van der Waals surface area (Å²) in [4.78, 5) is 26.6. The first kappa shape index (κ1) is 13.3. The lowest BCUT2D eigenvalue weighted by Gasteiger charge is -2.21. The van der Waals surface area contributed by atoms with E-state index in [0.717, 1.165) is 11.0 Å². The highest BCUT2D eigenvalue weighted by Gasteiger charge is 2.20. The summed E-state index contributed by atoms with van der Waals surface area (Å²) in [5.41, 5.74) is 4.56. The Hall–Kier alpha value is -1.76. The van der Waals surface area contributed by atoms with Crippen molar-refractivity contribution in [1.82, 2.24) is 9.88 Å². The van der Waals surface area contributed by atoms with E-state index in [4.69, 9.17) is 5.73 Å². The van der Waals surface area contributed by atoms with Crippen LogP contribution in [0.25, 0.3) is 0 Å². The maximum absolute atomic E-state index is 12.3. The Kier molecular flexibility index (Phi) is 4.77. The molecule has 0 aliphatic carbocycles. The minimum Gasteiger partial charge on any atom is -0.367 e. The molecule has 0 saturated heterocycles. The van der Waals surface area contributed by atoms with E-state index in [-0.39, 0.29) is 18.7 Å². The van der Waals surface area contributed by atoms with Crippen molar-refractivity contribution < 1.29 is 13.6 Å². The normalized spacial score (nSPS) is 10.6. The molecule has 0 aromatic carbocycles. The number of H-pyrrole nitrogens is 1. The Morgan fingerprint density at radius 1 is 1.53 bits per heavy atom. The molecule has 5 nitrogen and oxygen atoms in total. The number of nitrogens with one attached hydrogen (secondary N) is 1. The van der Waals surface area contributed by atoms with Crippen LogP contribution in [-0.2, 0) is 0 Å². The zero-order valence-electron chi connectivity index (χ0n) is 9.03. The van der Waals surface area contributed by atoms with Gasteiger partial charge in [0.05, 0.1) is 6.54 Å². The van der Waals surface area contributed by atoms with Crippen LogP contribution >= 0.6 is 0 Å². The quantitative estimate of drug-likeness (QED) is 0.768. The highest BCUT2D eigenvalue weighted by atomic mass is 19.3. The number of hydrogen-bond donors (Lipinski definition) is 2. The van der Waals surface area contributed by atoms with Crippen LogP contribution in [0.3, 0.4) is 0 Å². The molecule has 1 aromatic rings. The Bertz CT molecular complexity index is 434. The zero-order chi connectivity index (χ0) is 12.8. The highest BCUT2D eigenvalue weighted by molar-refractivity contribution is 5.93. The molecular formula is C10H13F2N3O2. The van der Waals surface area contributed by atoms with Gasteiger partial charge in [-0.2, -0.15) is 0 Å². The molecule has 0 bridgehead atoms. The maximum Gasteiger partial charge on any atom is 0.259 e. The van der Waals surface area contributed by atoms with E-state index in [1.54, 1.807) is 0 Å². The molecule has 0 radical (unpaired) electrons. The number of carbonyl (C=O) groups is 1. The summed E-state index contributed by atoms with van der Waals surface area (Å²) < 4.78 is 24.5. The summed E-state index contributed by atoms with van der Waals surface area (Å²) in [6, 6.07) is 1.16. The molecule has 0 aliphatic heterocycles. The number of aromatic nitrogens is 1. The van der Waals surface area contributed by atoms with Crippen LogP contribution < -0.4 is 11.2 Å². The molecule has 0 fully saturated rings. The molecule has 0 atom stereocenters. The number of aromatic amines is 1. The molecule has 0 spiro atoms. The third kappa shape index (κ3) is 3.63. The van der Waals surface area contributed by atoms with Crippen LogP contribution in [0.5, 0.6) is 0 Å². The minimum atomic E-state index is -2.66. The van der Waals surface area contributed by atoms with E-state index in [9.17, 15) is 18.4 Å². The molecular weight excluding hydrogens is 232 g/mol. The molecule has 7 heteroatoms. The van der Waals surface area contributed by atoms with Gasteiger partial charge < -0.3 is 15.6 Å². The van der Waals surface area contributed by atoms with Crippen LogP contribution in [0.1, 0.15) is 10.4 Å². The summed E-state index contributed by atoms with van der Waals surface area (Å²) in [6.45, 7) is -0.689. The van der Waals surface area contributed by atoms with Gasteiger partial charge >= 0.3 is 0 Å². The topological polar surface area (TPSA) is 79.2 Å². The minimum absolute atomic E-state index is 0.0164. The van der Waals surface area contributed by atoms with Crippen molar-refractivity contribution in [3.8, 4) is 0 Å². The van der Waals surface area contributed by atoms with E-state index < -0.39 is 24.3 Å². The average Bonchev–Trinajstić information content (AvgIpc) is 2.28. The fraction of sp³-hybridized carbons (Fsp3) is 0.400. The molecule has 0 unspecified atom stereocenters. The van der Waals surface area contributed by atoms with Crippen LogP contribution in [0.2, 0.25) is 0 Å². The second kappa shape index (κ2) is 6.09. The molecule has 0 aliphatic rings. The lowest BCUT2D eigenvalue weighted by molar-refractivity contribution is 0.0561. The number of halogens is 2. The molecule has 1 amide bonds. The van der Waals surface area contributed by atoms with Crippen molar-refractivity contribution in [2.24, 2.45) is 5.73 Å². The van der Waals surface area contributed by atoms with E-state index in [2.05, 4.69) is 4.98 Å². The second-order valence-corrected chi connectivity index (χ2v) is 3.35. The van der Waals surface area contributed by atoms with Crippen LogP contribution in [0.15, 0.2) is 23.3 Å². The molecule has 0 saturated carbocycles. The predicted molar refractivity (Wildman–Crippen MR) is 58.0 cm³/mol. The van der Waals surface area contributed by atoms with Gasteiger partial charge in [-0.3, -0.25) is 9.59 Å². The number of hydrogen-bond acceptors (Lipinski definition) is 3. The van der Waals surface area contributed by atoms with Crippen molar-refractivity contribution in [2.75, 3.05) is 19.6 Å². The van der Waals surface area contributed by atoms with E-state index in [1.165, 1.54) is 12.4 Å². The number of pyridine rings is 1. The van der Waals surface area contributed by atoms with Gasteiger partial charge in [0.25, 0.3) is 12.3 Å². The lowest BCUT2D eigenvalue weighted by Crippen LogP contribution is -2.40. The van der Waals surface area contributed by atoms with Gasteiger partial charge in [-0.1, -0.05) is 0 Å².